The lowest BCUT2D eigenvalue weighted by molar-refractivity contribution is -0.174. The minimum absolute atomic E-state index is 0.166. The van der Waals surface area contributed by atoms with Gasteiger partial charge in [0, 0.05) is 5.02 Å². The Morgan fingerprint density at radius 1 is 1.33 bits per heavy atom. The number of nitrogens with one attached hydrogen (secondary N) is 1. The van der Waals surface area contributed by atoms with Crippen LogP contribution in [0, 0.1) is 0 Å². The fourth-order valence-corrected chi connectivity index (χ4v) is 2.56. The van der Waals surface area contributed by atoms with Crippen LogP contribution in [0.1, 0.15) is 6.42 Å². The van der Waals surface area contributed by atoms with Crippen LogP contribution in [-0.2, 0) is 19.6 Å². The van der Waals surface area contributed by atoms with Gasteiger partial charge in [-0.15, -0.1) is 0 Å². The zero-order valence-electron chi connectivity index (χ0n) is 10.5. The van der Waals surface area contributed by atoms with Crippen molar-refractivity contribution in [3.63, 3.8) is 0 Å². The average molecular weight is 346 g/mol. The van der Waals surface area contributed by atoms with Gasteiger partial charge in [0.25, 0.3) is 10.0 Å². The van der Waals surface area contributed by atoms with Gasteiger partial charge in [-0.1, -0.05) is 17.7 Å². The van der Waals surface area contributed by atoms with Gasteiger partial charge in [-0.05, 0) is 18.2 Å². The Morgan fingerprint density at radius 2 is 2.00 bits per heavy atom. The van der Waals surface area contributed by atoms with Crippen LogP contribution in [0.25, 0.3) is 0 Å². The number of alkyl halides is 3. The van der Waals surface area contributed by atoms with E-state index < -0.39 is 41.7 Å². The maximum absolute atomic E-state index is 11.8. The van der Waals surface area contributed by atoms with Crippen LogP contribution in [0.15, 0.2) is 29.2 Å². The highest BCUT2D eigenvalue weighted by molar-refractivity contribution is 7.90. The molecule has 5 nitrogen and oxygen atoms in total. The second-order valence-corrected chi connectivity index (χ2v) is 6.02. The first-order valence-electron chi connectivity index (χ1n) is 5.56. The van der Waals surface area contributed by atoms with E-state index in [0.29, 0.717) is 0 Å². The third-order valence-electron chi connectivity index (χ3n) is 2.09. The summed E-state index contributed by atoms with van der Waals surface area (Å²) in [6.07, 6.45) is -5.01. The van der Waals surface area contributed by atoms with Crippen molar-refractivity contribution in [2.45, 2.75) is 17.5 Å². The van der Waals surface area contributed by atoms with Gasteiger partial charge in [-0.2, -0.15) is 13.2 Å². The monoisotopic (exact) mass is 345 g/mol. The van der Waals surface area contributed by atoms with Crippen LogP contribution < -0.4 is 4.72 Å². The number of hydrogen-bond donors (Lipinski definition) is 1. The smallest absolute Gasteiger partial charge is 0.372 e. The Bertz CT molecular complexity index is 604. The Hall–Kier alpha value is -1.32. The highest BCUT2D eigenvalue weighted by Crippen LogP contribution is 2.16. The van der Waals surface area contributed by atoms with Crippen molar-refractivity contribution in [1.82, 2.24) is 4.72 Å². The molecule has 0 atom stereocenters. The van der Waals surface area contributed by atoms with Crippen molar-refractivity contribution in [3.8, 4) is 0 Å². The fraction of sp³-hybridized carbons (Fsp3) is 0.364. The second kappa shape index (κ2) is 7.10. The third-order valence-corrected chi connectivity index (χ3v) is 3.70. The van der Waals surface area contributed by atoms with Gasteiger partial charge in [-0.25, -0.2) is 13.1 Å². The molecule has 0 saturated carbocycles. The van der Waals surface area contributed by atoms with E-state index in [4.69, 9.17) is 11.6 Å². The fourth-order valence-electron chi connectivity index (χ4n) is 1.25. The molecule has 21 heavy (non-hydrogen) atoms. The molecule has 1 N–H and O–H groups in total. The summed E-state index contributed by atoms with van der Waals surface area (Å²) in [5, 5.41) is 0.166. The quantitative estimate of drug-likeness (QED) is 0.802. The minimum atomic E-state index is -4.50. The van der Waals surface area contributed by atoms with Crippen molar-refractivity contribution in [3.05, 3.63) is 29.3 Å². The first-order chi connectivity index (χ1) is 9.60. The van der Waals surface area contributed by atoms with Gasteiger partial charge >= 0.3 is 6.18 Å². The first kappa shape index (κ1) is 17.7. The predicted octanol–water partition coefficient (Wildman–Crippen LogP) is 2.11. The number of carbonyl (C=O) groups excluding carboxylic acids is 1. The normalized spacial score (nSPS) is 12.2. The maximum atomic E-state index is 11.8. The molecule has 118 valence electrons. The van der Waals surface area contributed by atoms with E-state index in [1.54, 1.807) is 4.72 Å². The van der Waals surface area contributed by atoms with Gasteiger partial charge < -0.3 is 4.74 Å². The molecule has 0 heterocycles. The number of amides is 1. The average Bonchev–Trinajstić information content (AvgIpc) is 2.33. The van der Waals surface area contributed by atoms with Crippen LogP contribution in [0.3, 0.4) is 0 Å². The van der Waals surface area contributed by atoms with Crippen molar-refractivity contribution in [1.29, 1.82) is 0 Å². The largest absolute Gasteiger partial charge is 0.411 e. The molecular formula is C11H11ClF3NO4S. The summed E-state index contributed by atoms with van der Waals surface area (Å²) in [4.78, 5) is 11.1. The molecule has 0 fully saturated rings. The molecule has 0 radical (unpaired) electrons. The lowest BCUT2D eigenvalue weighted by atomic mass is 10.4. The maximum Gasteiger partial charge on any atom is 0.411 e. The highest BCUT2D eigenvalue weighted by atomic mass is 35.5. The molecule has 1 rings (SSSR count). The molecule has 0 aliphatic carbocycles. The van der Waals surface area contributed by atoms with Crippen LogP contribution in [0.2, 0.25) is 5.02 Å². The molecule has 0 spiro atoms. The summed E-state index contributed by atoms with van der Waals surface area (Å²) in [7, 11) is -4.11. The first-order valence-corrected chi connectivity index (χ1v) is 7.42. The lowest BCUT2D eigenvalue weighted by Gasteiger charge is -2.09. The summed E-state index contributed by atoms with van der Waals surface area (Å²) >= 11 is 5.63. The lowest BCUT2D eigenvalue weighted by Crippen LogP contribution is -2.31. The summed E-state index contributed by atoms with van der Waals surface area (Å²) in [6, 6.07) is 5.19. The Morgan fingerprint density at radius 3 is 2.57 bits per heavy atom. The SMILES string of the molecule is O=C(CCOCC(F)(F)F)NS(=O)(=O)c1cccc(Cl)c1. The Kier molecular flexibility index (Phi) is 5.99. The van der Waals surface area contributed by atoms with Gasteiger partial charge in [0.1, 0.15) is 6.61 Å². The van der Waals surface area contributed by atoms with E-state index >= 15 is 0 Å². The molecule has 0 saturated heterocycles. The molecule has 1 aromatic carbocycles. The Balaban J connectivity index is 2.50. The van der Waals surface area contributed by atoms with E-state index in [-0.39, 0.29) is 9.92 Å². The van der Waals surface area contributed by atoms with E-state index in [0.717, 1.165) is 6.07 Å². The molecule has 1 aromatic rings. The third kappa shape index (κ3) is 6.78. The van der Waals surface area contributed by atoms with Gasteiger partial charge in [0.15, 0.2) is 0 Å². The van der Waals surface area contributed by atoms with E-state index in [1.807, 2.05) is 0 Å². The molecule has 0 aliphatic heterocycles. The zero-order valence-corrected chi connectivity index (χ0v) is 12.1. The number of ether oxygens (including phenoxy) is 1. The summed E-state index contributed by atoms with van der Waals surface area (Å²) < 4.78 is 64.8. The number of benzene rings is 1. The summed E-state index contributed by atoms with van der Waals surface area (Å²) in [5.41, 5.74) is 0. The van der Waals surface area contributed by atoms with Gasteiger partial charge in [0.2, 0.25) is 5.91 Å². The number of hydrogen-bond acceptors (Lipinski definition) is 4. The molecule has 1 amide bonds. The zero-order chi connectivity index (χ0) is 16.1. The summed E-state index contributed by atoms with van der Waals surface area (Å²) in [5.74, 6) is -0.975. The number of rotatable bonds is 6. The molecule has 10 heteroatoms. The molecular weight excluding hydrogens is 335 g/mol. The predicted molar refractivity (Wildman–Crippen MR) is 68.3 cm³/mol. The number of carbonyl (C=O) groups is 1. The van der Waals surface area contributed by atoms with Crippen LogP contribution in [0.4, 0.5) is 13.2 Å². The topological polar surface area (TPSA) is 72.5 Å². The Labute approximate surface area is 124 Å². The van der Waals surface area contributed by atoms with Crippen molar-refractivity contribution in [2.24, 2.45) is 0 Å². The van der Waals surface area contributed by atoms with E-state index in [2.05, 4.69) is 4.74 Å². The van der Waals surface area contributed by atoms with Gasteiger partial charge in [-0.3, -0.25) is 4.79 Å². The number of halogens is 4. The van der Waals surface area contributed by atoms with Crippen molar-refractivity contribution in [2.75, 3.05) is 13.2 Å². The molecule has 0 aromatic heterocycles. The van der Waals surface area contributed by atoms with Crippen LogP contribution >= 0.6 is 11.6 Å². The highest BCUT2D eigenvalue weighted by Gasteiger charge is 2.27. The van der Waals surface area contributed by atoms with Crippen LogP contribution in [0.5, 0.6) is 0 Å². The van der Waals surface area contributed by atoms with Crippen molar-refractivity contribution < 1.29 is 31.1 Å². The van der Waals surface area contributed by atoms with Crippen molar-refractivity contribution >= 4 is 27.5 Å². The number of sulfonamides is 1. The van der Waals surface area contributed by atoms with Gasteiger partial charge in [0.05, 0.1) is 17.9 Å². The van der Waals surface area contributed by atoms with E-state index in [9.17, 15) is 26.4 Å². The standard InChI is InChI=1S/C11H11ClF3NO4S/c12-8-2-1-3-9(6-8)21(18,19)16-10(17)4-5-20-7-11(13,14)15/h1-3,6H,4-5,7H2,(H,16,17). The molecule has 0 unspecified atom stereocenters. The van der Waals surface area contributed by atoms with E-state index in [1.165, 1.54) is 18.2 Å². The second-order valence-electron chi connectivity index (χ2n) is 3.90. The molecule has 0 bridgehead atoms. The minimum Gasteiger partial charge on any atom is -0.372 e. The summed E-state index contributed by atoms with van der Waals surface area (Å²) in [6.45, 7) is -2.04. The van der Waals surface area contributed by atoms with Crippen LogP contribution in [-0.4, -0.2) is 33.7 Å². The molecule has 0 aliphatic rings.